The number of ether oxygens (including phenoxy) is 1. The first kappa shape index (κ1) is 21.2. The molecule has 2 amide bonds. The van der Waals surface area contributed by atoms with E-state index in [1.165, 1.54) is 30.4 Å². The summed E-state index contributed by atoms with van der Waals surface area (Å²) >= 11 is 0. The number of hydrogen-bond acceptors (Lipinski definition) is 4. The Bertz CT molecular complexity index is 775. The maximum Gasteiger partial charge on any atom is 0.322 e. The average Bonchev–Trinajstić information content (AvgIpc) is 2.94. The molecule has 1 unspecified atom stereocenters. The average molecular weight is 414 g/mol. The summed E-state index contributed by atoms with van der Waals surface area (Å²) < 4.78 is 5.22. The van der Waals surface area contributed by atoms with Crippen LogP contribution in [0.5, 0.6) is 0 Å². The summed E-state index contributed by atoms with van der Waals surface area (Å²) in [5.41, 5.74) is 3.32. The van der Waals surface area contributed by atoms with Crippen LogP contribution in [-0.4, -0.2) is 43.8 Å². The van der Waals surface area contributed by atoms with E-state index in [1.807, 2.05) is 11.8 Å². The van der Waals surface area contributed by atoms with Gasteiger partial charge in [-0.25, -0.2) is 4.79 Å². The number of nitrogens with zero attached hydrogens (tertiary/aromatic N) is 1. The van der Waals surface area contributed by atoms with Gasteiger partial charge < -0.3 is 15.4 Å². The van der Waals surface area contributed by atoms with Crippen molar-refractivity contribution in [2.45, 2.75) is 70.3 Å². The number of anilines is 1. The third kappa shape index (κ3) is 4.20. The van der Waals surface area contributed by atoms with E-state index in [0.717, 1.165) is 44.5 Å². The van der Waals surface area contributed by atoms with E-state index in [0.29, 0.717) is 31.9 Å². The van der Waals surface area contributed by atoms with Crippen molar-refractivity contribution in [2.75, 3.05) is 31.1 Å². The van der Waals surface area contributed by atoms with Crippen molar-refractivity contribution in [3.8, 4) is 0 Å². The van der Waals surface area contributed by atoms with Crippen molar-refractivity contribution in [2.24, 2.45) is 5.92 Å². The monoisotopic (exact) mass is 413 g/mol. The molecule has 6 nitrogen and oxygen atoms in total. The molecule has 4 rings (SSSR count). The third-order valence-electron chi connectivity index (χ3n) is 7.22. The lowest BCUT2D eigenvalue weighted by atomic mass is 9.71. The number of rotatable bonds is 6. The summed E-state index contributed by atoms with van der Waals surface area (Å²) in [5.74, 6) is 0.236. The molecule has 1 aromatic carbocycles. The molecule has 6 heteroatoms. The molecular formula is C24H35N3O3. The van der Waals surface area contributed by atoms with Crippen LogP contribution in [-0.2, 0) is 22.4 Å². The summed E-state index contributed by atoms with van der Waals surface area (Å²) in [4.78, 5) is 27.4. The first-order chi connectivity index (χ1) is 14.6. The van der Waals surface area contributed by atoms with Crippen LogP contribution in [0.15, 0.2) is 18.2 Å². The van der Waals surface area contributed by atoms with Gasteiger partial charge in [0.2, 0.25) is 0 Å². The number of esters is 1. The van der Waals surface area contributed by atoms with Crippen molar-refractivity contribution in [3.05, 3.63) is 29.3 Å². The van der Waals surface area contributed by atoms with Crippen molar-refractivity contribution in [1.29, 1.82) is 0 Å². The van der Waals surface area contributed by atoms with E-state index in [9.17, 15) is 9.59 Å². The molecule has 0 aromatic heterocycles. The van der Waals surface area contributed by atoms with Gasteiger partial charge in [0, 0.05) is 18.7 Å². The standard InChI is InChI=1S/C24H35N3O3/c1-2-30-22(28)10-13-24(20-6-4-3-5-7-20)17-26-23(29)27(24)21-9-8-18-11-14-25-15-12-19(18)16-21/h8-9,16,20,25H,2-7,10-15,17H2,1H3,(H,26,29). The molecule has 2 aliphatic heterocycles. The Morgan fingerprint density at radius 1 is 1.17 bits per heavy atom. The van der Waals surface area contributed by atoms with Crippen LogP contribution in [0, 0.1) is 5.92 Å². The molecule has 1 saturated carbocycles. The maximum atomic E-state index is 13.1. The Balaban J connectivity index is 1.68. The lowest BCUT2D eigenvalue weighted by molar-refractivity contribution is -0.143. The number of carbonyl (C=O) groups is 2. The molecule has 3 aliphatic rings. The Morgan fingerprint density at radius 2 is 1.93 bits per heavy atom. The molecule has 30 heavy (non-hydrogen) atoms. The van der Waals surface area contributed by atoms with Gasteiger partial charge >= 0.3 is 12.0 Å². The second-order valence-corrected chi connectivity index (χ2v) is 8.94. The van der Waals surface area contributed by atoms with Gasteiger partial charge in [0.1, 0.15) is 0 Å². The zero-order valence-electron chi connectivity index (χ0n) is 18.2. The molecule has 2 fully saturated rings. The van der Waals surface area contributed by atoms with Gasteiger partial charge in [0.25, 0.3) is 0 Å². The summed E-state index contributed by atoms with van der Waals surface area (Å²) in [6.45, 7) is 4.82. The predicted octanol–water partition coefficient (Wildman–Crippen LogP) is 3.57. The highest BCUT2D eigenvalue weighted by Crippen LogP contribution is 2.44. The van der Waals surface area contributed by atoms with E-state index in [2.05, 4.69) is 28.8 Å². The minimum atomic E-state index is -0.360. The number of fused-ring (bicyclic) bond motifs is 1. The highest BCUT2D eigenvalue weighted by Gasteiger charge is 2.51. The Morgan fingerprint density at radius 3 is 2.70 bits per heavy atom. The van der Waals surface area contributed by atoms with Gasteiger partial charge in [0.05, 0.1) is 12.1 Å². The Hall–Kier alpha value is -2.08. The quantitative estimate of drug-likeness (QED) is 0.700. The van der Waals surface area contributed by atoms with Crippen LogP contribution in [0.4, 0.5) is 10.5 Å². The summed E-state index contributed by atoms with van der Waals surface area (Å²) in [6.07, 6.45) is 8.90. The number of urea groups is 1. The Labute approximate surface area is 179 Å². The molecule has 1 aliphatic carbocycles. The van der Waals surface area contributed by atoms with Crippen molar-refractivity contribution in [1.82, 2.24) is 10.6 Å². The molecule has 1 saturated heterocycles. The van der Waals surface area contributed by atoms with Gasteiger partial charge in [-0.2, -0.15) is 0 Å². The number of benzene rings is 1. The fourth-order valence-corrected chi connectivity index (χ4v) is 5.69. The summed E-state index contributed by atoms with van der Waals surface area (Å²) in [5, 5.41) is 6.59. The normalized spacial score (nSPS) is 24.8. The van der Waals surface area contributed by atoms with Crippen molar-refractivity contribution in [3.63, 3.8) is 0 Å². The van der Waals surface area contributed by atoms with E-state index in [1.54, 1.807) is 0 Å². The minimum absolute atomic E-state index is 0.0314. The smallest absolute Gasteiger partial charge is 0.322 e. The second-order valence-electron chi connectivity index (χ2n) is 8.94. The highest BCUT2D eigenvalue weighted by molar-refractivity contribution is 5.96. The lowest BCUT2D eigenvalue weighted by Crippen LogP contribution is -2.54. The molecule has 0 radical (unpaired) electrons. The minimum Gasteiger partial charge on any atom is -0.466 e. The molecule has 1 aromatic rings. The topological polar surface area (TPSA) is 70.7 Å². The molecular weight excluding hydrogens is 378 g/mol. The maximum absolute atomic E-state index is 13.1. The van der Waals surface area contributed by atoms with Crippen LogP contribution in [0.3, 0.4) is 0 Å². The zero-order chi connectivity index (χ0) is 21.0. The molecule has 2 N–H and O–H groups in total. The zero-order valence-corrected chi connectivity index (χ0v) is 18.2. The predicted molar refractivity (Wildman–Crippen MR) is 118 cm³/mol. The highest BCUT2D eigenvalue weighted by atomic mass is 16.5. The largest absolute Gasteiger partial charge is 0.466 e. The van der Waals surface area contributed by atoms with Crippen LogP contribution in [0.2, 0.25) is 0 Å². The summed E-state index contributed by atoms with van der Waals surface area (Å²) in [6, 6.07) is 6.49. The molecule has 164 valence electrons. The molecule has 1 atom stereocenters. The van der Waals surface area contributed by atoms with Crippen LogP contribution < -0.4 is 15.5 Å². The molecule has 0 spiro atoms. The summed E-state index contributed by atoms with van der Waals surface area (Å²) in [7, 11) is 0. The first-order valence-corrected chi connectivity index (χ1v) is 11.7. The van der Waals surface area contributed by atoms with Gasteiger partial charge in [0.15, 0.2) is 0 Å². The molecule has 0 bridgehead atoms. The van der Waals surface area contributed by atoms with Crippen LogP contribution >= 0.6 is 0 Å². The van der Waals surface area contributed by atoms with Gasteiger partial charge in [-0.05, 0) is 81.3 Å². The van der Waals surface area contributed by atoms with E-state index < -0.39 is 0 Å². The van der Waals surface area contributed by atoms with E-state index >= 15 is 0 Å². The fraction of sp³-hybridized carbons (Fsp3) is 0.667. The Kier molecular flexibility index (Phi) is 6.61. The van der Waals surface area contributed by atoms with Gasteiger partial charge in [-0.15, -0.1) is 0 Å². The van der Waals surface area contributed by atoms with Crippen molar-refractivity contribution >= 4 is 17.7 Å². The van der Waals surface area contributed by atoms with Crippen molar-refractivity contribution < 1.29 is 14.3 Å². The lowest BCUT2D eigenvalue weighted by Gasteiger charge is -2.45. The van der Waals surface area contributed by atoms with Crippen LogP contribution in [0.25, 0.3) is 0 Å². The fourth-order valence-electron chi connectivity index (χ4n) is 5.69. The second kappa shape index (κ2) is 9.38. The first-order valence-electron chi connectivity index (χ1n) is 11.7. The number of hydrogen-bond donors (Lipinski definition) is 2. The number of amides is 2. The van der Waals surface area contributed by atoms with Crippen LogP contribution in [0.1, 0.15) is 63.0 Å². The van der Waals surface area contributed by atoms with Gasteiger partial charge in [-0.1, -0.05) is 25.3 Å². The number of nitrogens with one attached hydrogen (secondary N) is 2. The third-order valence-corrected chi connectivity index (χ3v) is 7.22. The van der Waals surface area contributed by atoms with E-state index in [-0.39, 0.29) is 17.5 Å². The SMILES string of the molecule is CCOC(=O)CCC1(C2CCCCC2)CNC(=O)N1c1ccc2c(c1)CCNCC2. The van der Waals surface area contributed by atoms with E-state index in [4.69, 9.17) is 4.74 Å². The van der Waals surface area contributed by atoms with Gasteiger partial charge in [-0.3, -0.25) is 9.69 Å². The molecule has 2 heterocycles. The number of carbonyl (C=O) groups excluding carboxylic acids is 2.